The monoisotopic (exact) mass is 273 g/mol. The van der Waals surface area contributed by atoms with Gasteiger partial charge in [0.1, 0.15) is 0 Å². The van der Waals surface area contributed by atoms with Crippen LogP contribution in [0.25, 0.3) is 0 Å². The van der Waals surface area contributed by atoms with E-state index in [1.54, 1.807) is 0 Å². The maximum Gasteiger partial charge on any atom is 0.389 e. The van der Waals surface area contributed by atoms with Gasteiger partial charge in [0.15, 0.2) is 0 Å². The maximum absolute atomic E-state index is 12.1. The first-order valence-corrected chi connectivity index (χ1v) is 6.88. The summed E-state index contributed by atoms with van der Waals surface area (Å²) in [4.78, 5) is 0. The number of hydrogen-bond donors (Lipinski definition) is 1. The molecule has 0 fully saturated rings. The van der Waals surface area contributed by atoms with Crippen molar-refractivity contribution in [1.29, 1.82) is 0 Å². The number of halogens is 3. The Kier molecular flexibility index (Phi) is 6.92. The molecule has 0 aliphatic rings. The first kappa shape index (κ1) is 16.0. The topological polar surface area (TPSA) is 12.0 Å². The highest BCUT2D eigenvalue weighted by atomic mass is 19.4. The van der Waals surface area contributed by atoms with Crippen LogP contribution in [0.3, 0.4) is 0 Å². The van der Waals surface area contributed by atoms with Crippen molar-refractivity contribution >= 4 is 0 Å². The van der Waals surface area contributed by atoms with E-state index in [-0.39, 0.29) is 12.5 Å². The second-order valence-corrected chi connectivity index (χ2v) is 4.78. The van der Waals surface area contributed by atoms with E-state index < -0.39 is 12.6 Å². The molecule has 1 rings (SSSR count). The van der Waals surface area contributed by atoms with Crippen molar-refractivity contribution in [2.45, 2.75) is 51.2 Å². The average molecular weight is 273 g/mol. The van der Waals surface area contributed by atoms with Gasteiger partial charge in [-0.05, 0) is 24.9 Å². The summed E-state index contributed by atoms with van der Waals surface area (Å²) in [5, 5.41) is 3.24. The van der Waals surface area contributed by atoms with Crippen LogP contribution in [0.2, 0.25) is 0 Å². The number of nitrogens with one attached hydrogen (secondary N) is 1. The molecule has 0 radical (unpaired) electrons. The Morgan fingerprint density at radius 2 is 1.79 bits per heavy atom. The molecule has 0 bridgehead atoms. The first-order valence-electron chi connectivity index (χ1n) is 6.88. The van der Waals surface area contributed by atoms with Crippen LogP contribution in [-0.4, -0.2) is 12.7 Å². The van der Waals surface area contributed by atoms with Gasteiger partial charge in [0.2, 0.25) is 0 Å². The third-order valence-electron chi connectivity index (χ3n) is 3.08. The summed E-state index contributed by atoms with van der Waals surface area (Å²) in [6.45, 7) is 2.52. The molecule has 0 saturated heterocycles. The molecule has 19 heavy (non-hydrogen) atoms. The van der Waals surface area contributed by atoms with E-state index in [0.29, 0.717) is 6.54 Å². The fourth-order valence-electron chi connectivity index (χ4n) is 2.05. The van der Waals surface area contributed by atoms with E-state index in [0.717, 1.165) is 24.8 Å². The minimum absolute atomic E-state index is 0.138. The predicted molar refractivity (Wildman–Crippen MR) is 72.0 cm³/mol. The summed E-state index contributed by atoms with van der Waals surface area (Å²) in [5.41, 5.74) is 1.16. The van der Waals surface area contributed by atoms with Crippen LogP contribution in [0.4, 0.5) is 13.2 Å². The van der Waals surface area contributed by atoms with Crippen LogP contribution < -0.4 is 5.32 Å². The molecule has 0 aliphatic heterocycles. The fourth-order valence-corrected chi connectivity index (χ4v) is 2.05. The van der Waals surface area contributed by atoms with Crippen molar-refractivity contribution < 1.29 is 13.2 Å². The highest BCUT2D eigenvalue weighted by molar-refractivity contribution is 5.18. The molecule has 0 heterocycles. The van der Waals surface area contributed by atoms with Crippen molar-refractivity contribution in [3.63, 3.8) is 0 Å². The van der Waals surface area contributed by atoms with E-state index in [4.69, 9.17) is 0 Å². The van der Waals surface area contributed by atoms with Gasteiger partial charge in [-0.15, -0.1) is 0 Å². The summed E-state index contributed by atoms with van der Waals surface area (Å²) in [5.74, 6) is 0. The van der Waals surface area contributed by atoms with Crippen molar-refractivity contribution in [3.05, 3.63) is 35.9 Å². The molecule has 0 saturated carbocycles. The van der Waals surface area contributed by atoms with Crippen LogP contribution >= 0.6 is 0 Å². The Labute approximate surface area is 113 Å². The summed E-state index contributed by atoms with van der Waals surface area (Å²) in [6, 6.07) is 10.1. The quantitative estimate of drug-likeness (QED) is 0.668. The lowest BCUT2D eigenvalue weighted by Crippen LogP contribution is -2.23. The zero-order valence-corrected chi connectivity index (χ0v) is 11.3. The molecule has 1 nitrogen and oxygen atoms in total. The van der Waals surface area contributed by atoms with E-state index in [9.17, 15) is 13.2 Å². The summed E-state index contributed by atoms with van der Waals surface area (Å²) < 4.78 is 36.2. The molecular formula is C15H22F3N. The Hall–Kier alpha value is -1.03. The first-order chi connectivity index (χ1) is 9.03. The predicted octanol–water partition coefficient (Wildman–Crippen LogP) is 4.85. The molecule has 1 aromatic carbocycles. The molecular weight excluding hydrogens is 251 g/mol. The van der Waals surface area contributed by atoms with Crippen molar-refractivity contribution in [2.75, 3.05) is 6.54 Å². The smallest absolute Gasteiger partial charge is 0.310 e. The van der Waals surface area contributed by atoms with Gasteiger partial charge in [-0.3, -0.25) is 0 Å². The maximum atomic E-state index is 12.1. The highest BCUT2D eigenvalue weighted by Gasteiger charge is 2.26. The molecule has 0 spiro atoms. The molecule has 1 atom stereocenters. The largest absolute Gasteiger partial charge is 0.389 e. The second-order valence-electron chi connectivity index (χ2n) is 4.78. The highest BCUT2D eigenvalue weighted by Crippen LogP contribution is 2.22. The third kappa shape index (κ3) is 7.21. The summed E-state index contributed by atoms with van der Waals surface area (Å²) in [6.07, 6.45) is -1.49. The number of unbranched alkanes of at least 4 members (excludes halogenated alkanes) is 1. The Morgan fingerprint density at radius 1 is 1.11 bits per heavy atom. The summed E-state index contributed by atoms with van der Waals surface area (Å²) >= 11 is 0. The van der Waals surface area contributed by atoms with Crippen LogP contribution in [0.5, 0.6) is 0 Å². The van der Waals surface area contributed by atoms with Gasteiger partial charge in [0.05, 0.1) is 0 Å². The van der Waals surface area contributed by atoms with E-state index in [1.165, 1.54) is 0 Å². The minimum Gasteiger partial charge on any atom is -0.310 e. The number of rotatable bonds is 8. The van der Waals surface area contributed by atoms with Crippen LogP contribution in [0.15, 0.2) is 30.3 Å². The molecule has 1 N–H and O–H groups in total. The lowest BCUT2D eigenvalue weighted by Gasteiger charge is -2.19. The number of benzene rings is 1. The fraction of sp³-hybridized carbons (Fsp3) is 0.600. The molecule has 108 valence electrons. The molecule has 1 unspecified atom stereocenters. The van der Waals surface area contributed by atoms with E-state index >= 15 is 0 Å². The van der Waals surface area contributed by atoms with Gasteiger partial charge < -0.3 is 5.32 Å². The van der Waals surface area contributed by atoms with E-state index in [2.05, 4.69) is 12.2 Å². The number of hydrogen-bond acceptors (Lipinski definition) is 1. The van der Waals surface area contributed by atoms with Crippen molar-refractivity contribution in [1.82, 2.24) is 5.32 Å². The van der Waals surface area contributed by atoms with Crippen LogP contribution in [0.1, 0.15) is 50.6 Å². The van der Waals surface area contributed by atoms with Gasteiger partial charge >= 0.3 is 6.18 Å². The van der Waals surface area contributed by atoms with Gasteiger partial charge in [-0.25, -0.2) is 0 Å². The Bertz CT molecular complexity index is 335. The van der Waals surface area contributed by atoms with Crippen LogP contribution in [-0.2, 0) is 0 Å². The average Bonchev–Trinajstić information content (AvgIpc) is 2.38. The lowest BCUT2D eigenvalue weighted by atomic mass is 10.0. The summed E-state index contributed by atoms with van der Waals surface area (Å²) in [7, 11) is 0. The third-order valence-corrected chi connectivity index (χ3v) is 3.08. The van der Waals surface area contributed by atoms with Gasteiger partial charge in [0.25, 0.3) is 0 Å². The minimum atomic E-state index is -4.05. The van der Waals surface area contributed by atoms with Crippen LogP contribution in [0, 0.1) is 0 Å². The zero-order valence-electron chi connectivity index (χ0n) is 11.3. The van der Waals surface area contributed by atoms with Crippen molar-refractivity contribution in [3.8, 4) is 0 Å². The van der Waals surface area contributed by atoms with Gasteiger partial charge in [-0.1, -0.05) is 50.1 Å². The zero-order chi connectivity index (χ0) is 14.1. The Morgan fingerprint density at radius 3 is 2.37 bits per heavy atom. The molecule has 0 aromatic heterocycles. The molecule has 0 amide bonds. The van der Waals surface area contributed by atoms with E-state index in [1.807, 2.05) is 30.3 Å². The normalized spacial score (nSPS) is 13.5. The standard InChI is InChI=1S/C15H22F3N/c1-2-3-10-14(13-8-5-4-6-9-13)19-12-7-11-15(16,17)18/h4-6,8-9,14,19H,2-3,7,10-12H2,1H3. The van der Waals surface area contributed by atoms with Gasteiger partial charge in [0, 0.05) is 12.5 Å². The molecule has 4 heteroatoms. The second kappa shape index (κ2) is 8.20. The SMILES string of the molecule is CCCCC(NCCCC(F)(F)F)c1ccccc1. The van der Waals surface area contributed by atoms with Crippen molar-refractivity contribution in [2.24, 2.45) is 0 Å². The molecule has 1 aromatic rings. The number of alkyl halides is 3. The molecule has 0 aliphatic carbocycles. The lowest BCUT2D eigenvalue weighted by molar-refractivity contribution is -0.135. The van der Waals surface area contributed by atoms with Gasteiger partial charge in [-0.2, -0.15) is 13.2 Å². The Balaban J connectivity index is 2.42.